The van der Waals surface area contributed by atoms with Crippen LogP contribution >= 0.6 is 11.6 Å². The summed E-state index contributed by atoms with van der Waals surface area (Å²) in [5.41, 5.74) is 3.89. The van der Waals surface area contributed by atoms with Crippen molar-refractivity contribution in [2.45, 2.75) is 13.8 Å². The smallest absolute Gasteiger partial charge is 0.255 e. The predicted octanol–water partition coefficient (Wildman–Crippen LogP) is 4.46. The number of likely N-dealkylation sites (N-methyl/N-ethyl adjacent to an activating group) is 1. The van der Waals surface area contributed by atoms with Gasteiger partial charge < -0.3 is 14.8 Å². The molecule has 0 atom stereocenters. The number of amides is 2. The van der Waals surface area contributed by atoms with E-state index in [0.29, 0.717) is 16.3 Å². The first-order valence-electron chi connectivity index (χ1n) is 8.92. The number of carbonyl (C=O) groups is 2. The molecule has 0 spiro atoms. The van der Waals surface area contributed by atoms with Crippen LogP contribution in [0.1, 0.15) is 21.7 Å². The molecule has 0 aliphatic heterocycles. The van der Waals surface area contributed by atoms with Gasteiger partial charge in [-0.1, -0.05) is 35.9 Å². The van der Waals surface area contributed by atoms with Crippen LogP contribution < -0.4 is 5.32 Å². The van der Waals surface area contributed by atoms with Gasteiger partial charge in [0.2, 0.25) is 5.91 Å². The van der Waals surface area contributed by atoms with Crippen LogP contribution in [0, 0.1) is 13.8 Å². The number of aromatic nitrogens is 1. The first-order valence-corrected chi connectivity index (χ1v) is 9.30. The van der Waals surface area contributed by atoms with Crippen molar-refractivity contribution in [1.29, 1.82) is 0 Å². The van der Waals surface area contributed by atoms with Gasteiger partial charge in [0.05, 0.1) is 12.1 Å². The standard InChI is InChI=1S/C22H22ClN3O2/c1-15-12-20(16(2)26(15)19-11-7-8-17(23)13-19)22(28)25(3)14-21(27)24-18-9-5-4-6-10-18/h4-13H,14H2,1-3H3,(H,24,27). The third kappa shape index (κ3) is 4.26. The molecule has 0 fully saturated rings. The molecule has 3 rings (SSSR count). The average Bonchev–Trinajstić information content (AvgIpc) is 2.96. The van der Waals surface area contributed by atoms with Crippen LogP contribution in [-0.2, 0) is 4.79 Å². The number of nitrogens with one attached hydrogen (secondary N) is 1. The third-order valence-corrected chi connectivity index (χ3v) is 4.75. The summed E-state index contributed by atoms with van der Waals surface area (Å²) in [6.07, 6.45) is 0. The number of anilines is 1. The molecule has 0 bridgehead atoms. The molecular weight excluding hydrogens is 374 g/mol. The van der Waals surface area contributed by atoms with Gasteiger partial charge in [0.1, 0.15) is 0 Å². The fraction of sp³-hybridized carbons (Fsp3) is 0.182. The second-order valence-electron chi connectivity index (χ2n) is 6.68. The summed E-state index contributed by atoms with van der Waals surface area (Å²) in [6.45, 7) is 3.79. The Balaban J connectivity index is 1.77. The van der Waals surface area contributed by atoms with Gasteiger partial charge in [0.15, 0.2) is 0 Å². The molecule has 0 aliphatic carbocycles. The van der Waals surface area contributed by atoms with E-state index in [0.717, 1.165) is 17.1 Å². The number of nitrogens with zero attached hydrogens (tertiary/aromatic N) is 2. The number of hydrogen-bond acceptors (Lipinski definition) is 2. The summed E-state index contributed by atoms with van der Waals surface area (Å²) >= 11 is 6.11. The van der Waals surface area contributed by atoms with E-state index in [9.17, 15) is 9.59 Å². The Morgan fingerprint density at radius 2 is 1.75 bits per heavy atom. The number of aryl methyl sites for hydroxylation is 1. The summed E-state index contributed by atoms with van der Waals surface area (Å²) in [5.74, 6) is -0.449. The Labute approximate surface area is 169 Å². The molecule has 0 saturated carbocycles. The molecule has 5 nitrogen and oxygen atoms in total. The summed E-state index contributed by atoms with van der Waals surface area (Å²) in [5, 5.41) is 3.42. The fourth-order valence-electron chi connectivity index (χ4n) is 3.21. The summed E-state index contributed by atoms with van der Waals surface area (Å²) in [6, 6.07) is 18.5. The largest absolute Gasteiger partial charge is 0.332 e. The highest BCUT2D eigenvalue weighted by Crippen LogP contribution is 2.23. The van der Waals surface area contributed by atoms with Crippen molar-refractivity contribution >= 4 is 29.1 Å². The van der Waals surface area contributed by atoms with E-state index >= 15 is 0 Å². The minimum absolute atomic E-state index is 0.0332. The lowest BCUT2D eigenvalue weighted by Gasteiger charge is -2.17. The molecule has 144 valence electrons. The van der Waals surface area contributed by atoms with Crippen molar-refractivity contribution in [2.75, 3.05) is 18.9 Å². The predicted molar refractivity (Wildman–Crippen MR) is 112 cm³/mol. The highest BCUT2D eigenvalue weighted by atomic mass is 35.5. The number of benzene rings is 2. The van der Waals surface area contributed by atoms with Crippen LogP contribution in [0.3, 0.4) is 0 Å². The van der Waals surface area contributed by atoms with E-state index in [2.05, 4.69) is 5.32 Å². The lowest BCUT2D eigenvalue weighted by atomic mass is 10.2. The number of halogens is 1. The number of rotatable bonds is 5. The Bertz CT molecular complexity index is 1010. The van der Waals surface area contributed by atoms with Crippen molar-refractivity contribution in [3.05, 3.63) is 82.6 Å². The summed E-state index contributed by atoms with van der Waals surface area (Å²) in [7, 11) is 1.62. The zero-order chi connectivity index (χ0) is 20.3. The molecule has 3 aromatic rings. The zero-order valence-electron chi connectivity index (χ0n) is 16.1. The average molecular weight is 396 g/mol. The van der Waals surface area contributed by atoms with E-state index in [1.165, 1.54) is 4.90 Å². The molecular formula is C22H22ClN3O2. The van der Waals surface area contributed by atoms with E-state index in [1.54, 1.807) is 19.2 Å². The van der Waals surface area contributed by atoms with Gasteiger partial charge in [-0.15, -0.1) is 0 Å². The second-order valence-corrected chi connectivity index (χ2v) is 7.11. The van der Waals surface area contributed by atoms with Crippen molar-refractivity contribution < 1.29 is 9.59 Å². The van der Waals surface area contributed by atoms with Crippen LogP contribution in [0.25, 0.3) is 5.69 Å². The first-order chi connectivity index (χ1) is 13.4. The number of hydrogen-bond donors (Lipinski definition) is 1. The molecule has 0 unspecified atom stereocenters. The van der Waals surface area contributed by atoms with E-state index in [4.69, 9.17) is 11.6 Å². The van der Waals surface area contributed by atoms with Gasteiger partial charge in [-0.2, -0.15) is 0 Å². The molecule has 6 heteroatoms. The topological polar surface area (TPSA) is 54.3 Å². The monoisotopic (exact) mass is 395 g/mol. The highest BCUT2D eigenvalue weighted by molar-refractivity contribution is 6.30. The first kappa shape index (κ1) is 19.7. The molecule has 0 radical (unpaired) electrons. The van der Waals surface area contributed by atoms with Gasteiger partial charge in [-0.3, -0.25) is 9.59 Å². The summed E-state index contributed by atoms with van der Waals surface area (Å²) in [4.78, 5) is 26.6. The number of para-hydroxylation sites is 1. The normalized spacial score (nSPS) is 10.6. The van der Waals surface area contributed by atoms with Crippen molar-refractivity contribution in [3.8, 4) is 5.69 Å². The van der Waals surface area contributed by atoms with Gasteiger partial charge >= 0.3 is 0 Å². The van der Waals surface area contributed by atoms with Crippen molar-refractivity contribution in [1.82, 2.24) is 9.47 Å². The van der Waals surface area contributed by atoms with Crippen LogP contribution in [0.5, 0.6) is 0 Å². The number of carbonyl (C=O) groups excluding carboxylic acids is 2. The van der Waals surface area contributed by atoms with Gasteiger partial charge in [-0.25, -0.2) is 0 Å². The minimum atomic E-state index is -0.245. The Morgan fingerprint density at radius 3 is 2.43 bits per heavy atom. The quantitative estimate of drug-likeness (QED) is 0.693. The van der Waals surface area contributed by atoms with Crippen LogP contribution in [0.4, 0.5) is 5.69 Å². The molecule has 2 amide bonds. The maximum Gasteiger partial charge on any atom is 0.255 e. The maximum atomic E-state index is 12.9. The lowest BCUT2D eigenvalue weighted by molar-refractivity contribution is -0.116. The Morgan fingerprint density at radius 1 is 1.04 bits per heavy atom. The van der Waals surface area contributed by atoms with Crippen LogP contribution in [-0.4, -0.2) is 34.9 Å². The second kappa shape index (κ2) is 8.31. The molecule has 1 N–H and O–H groups in total. The fourth-order valence-corrected chi connectivity index (χ4v) is 3.39. The van der Waals surface area contributed by atoms with E-state index in [1.807, 2.05) is 66.9 Å². The van der Waals surface area contributed by atoms with E-state index < -0.39 is 0 Å². The zero-order valence-corrected chi connectivity index (χ0v) is 16.8. The Hall–Kier alpha value is -3.05. The van der Waals surface area contributed by atoms with Gasteiger partial charge in [0, 0.05) is 34.8 Å². The van der Waals surface area contributed by atoms with Crippen LogP contribution in [0.15, 0.2) is 60.7 Å². The molecule has 28 heavy (non-hydrogen) atoms. The molecule has 0 aliphatic rings. The maximum absolute atomic E-state index is 12.9. The SMILES string of the molecule is Cc1cc(C(=O)N(C)CC(=O)Nc2ccccc2)c(C)n1-c1cccc(Cl)c1. The van der Waals surface area contributed by atoms with Crippen molar-refractivity contribution in [3.63, 3.8) is 0 Å². The lowest BCUT2D eigenvalue weighted by Crippen LogP contribution is -2.35. The highest BCUT2D eigenvalue weighted by Gasteiger charge is 2.21. The summed E-state index contributed by atoms with van der Waals surface area (Å²) < 4.78 is 1.98. The third-order valence-electron chi connectivity index (χ3n) is 4.51. The molecule has 0 saturated heterocycles. The van der Waals surface area contributed by atoms with Crippen LogP contribution in [0.2, 0.25) is 5.02 Å². The molecule has 2 aromatic carbocycles. The minimum Gasteiger partial charge on any atom is -0.332 e. The van der Waals surface area contributed by atoms with Crippen molar-refractivity contribution in [2.24, 2.45) is 0 Å². The van der Waals surface area contributed by atoms with Gasteiger partial charge in [-0.05, 0) is 50.2 Å². The Kier molecular flexibility index (Phi) is 5.85. The van der Waals surface area contributed by atoms with E-state index in [-0.39, 0.29) is 18.4 Å². The van der Waals surface area contributed by atoms with Gasteiger partial charge in [0.25, 0.3) is 5.91 Å². The molecule has 1 aromatic heterocycles. The molecule has 1 heterocycles.